The molecular formula is C21H20N2O3S2. The van der Waals surface area contributed by atoms with Crippen molar-refractivity contribution in [2.75, 3.05) is 6.54 Å². The Bertz CT molecular complexity index is 913. The van der Waals surface area contributed by atoms with Crippen molar-refractivity contribution in [3.05, 3.63) is 70.6 Å². The second kappa shape index (κ2) is 9.52. The molecule has 0 spiro atoms. The standard InChI is InChI=1S/C21H20N2O3S2/c24-17-9-4-8-16(12-17)13-18-20(26)23(21(27)28-18)11-5-10-19(25)22-14-15-6-2-1-3-7-15/h1-4,6-9,12-13,24H,5,10-11,14H2,(H,22,25)/b18-13-. The van der Waals surface area contributed by atoms with E-state index in [0.717, 1.165) is 11.1 Å². The fourth-order valence-corrected chi connectivity index (χ4v) is 4.05. The Hall–Kier alpha value is -2.64. The van der Waals surface area contributed by atoms with Gasteiger partial charge in [0.1, 0.15) is 10.1 Å². The van der Waals surface area contributed by atoms with Gasteiger partial charge in [-0.05, 0) is 35.8 Å². The summed E-state index contributed by atoms with van der Waals surface area (Å²) in [5.74, 6) is -0.0709. The summed E-state index contributed by atoms with van der Waals surface area (Å²) in [5, 5.41) is 12.4. The number of thioether (sulfide) groups is 1. The number of hydrogen-bond donors (Lipinski definition) is 2. The summed E-state index contributed by atoms with van der Waals surface area (Å²) in [6, 6.07) is 16.4. The van der Waals surface area contributed by atoms with Crippen molar-refractivity contribution in [2.24, 2.45) is 0 Å². The van der Waals surface area contributed by atoms with Gasteiger partial charge in [-0.2, -0.15) is 0 Å². The van der Waals surface area contributed by atoms with Crippen molar-refractivity contribution >= 4 is 46.2 Å². The van der Waals surface area contributed by atoms with Gasteiger partial charge in [-0.3, -0.25) is 14.5 Å². The van der Waals surface area contributed by atoms with Gasteiger partial charge < -0.3 is 10.4 Å². The van der Waals surface area contributed by atoms with E-state index in [0.29, 0.717) is 35.2 Å². The zero-order valence-corrected chi connectivity index (χ0v) is 16.8. The molecular weight excluding hydrogens is 392 g/mol. The maximum Gasteiger partial charge on any atom is 0.266 e. The summed E-state index contributed by atoms with van der Waals surface area (Å²) < 4.78 is 0.487. The van der Waals surface area contributed by atoms with E-state index >= 15 is 0 Å². The molecule has 0 aromatic heterocycles. The summed E-state index contributed by atoms with van der Waals surface area (Å²) in [5.41, 5.74) is 1.78. The van der Waals surface area contributed by atoms with Crippen LogP contribution in [0.15, 0.2) is 59.5 Å². The lowest BCUT2D eigenvalue weighted by atomic mass is 10.2. The third-order valence-electron chi connectivity index (χ3n) is 4.16. The minimum absolute atomic E-state index is 0.0513. The number of carbonyl (C=O) groups excluding carboxylic acids is 2. The first kappa shape index (κ1) is 20.1. The van der Waals surface area contributed by atoms with Crippen LogP contribution in [0.3, 0.4) is 0 Å². The van der Waals surface area contributed by atoms with E-state index in [1.807, 2.05) is 36.4 Å². The summed E-state index contributed by atoms with van der Waals surface area (Å²) in [6.07, 6.45) is 2.58. The van der Waals surface area contributed by atoms with Gasteiger partial charge in [0.25, 0.3) is 5.91 Å². The topological polar surface area (TPSA) is 69.6 Å². The molecule has 2 N–H and O–H groups in total. The number of thiocarbonyl (C=S) groups is 1. The predicted molar refractivity (Wildman–Crippen MR) is 116 cm³/mol. The van der Waals surface area contributed by atoms with Gasteiger partial charge in [0.05, 0.1) is 4.91 Å². The summed E-state index contributed by atoms with van der Waals surface area (Å²) in [6.45, 7) is 0.897. The number of rotatable bonds is 7. The molecule has 1 aliphatic heterocycles. The van der Waals surface area contributed by atoms with Gasteiger partial charge in [0, 0.05) is 19.5 Å². The van der Waals surface area contributed by atoms with Crippen LogP contribution >= 0.6 is 24.0 Å². The van der Waals surface area contributed by atoms with Crippen molar-refractivity contribution in [1.82, 2.24) is 10.2 Å². The van der Waals surface area contributed by atoms with Crippen LogP contribution in [0.1, 0.15) is 24.0 Å². The Labute approximate surface area is 173 Å². The van der Waals surface area contributed by atoms with E-state index in [1.54, 1.807) is 24.3 Å². The van der Waals surface area contributed by atoms with Crippen LogP contribution in [-0.2, 0) is 16.1 Å². The molecule has 1 saturated heterocycles. The maximum absolute atomic E-state index is 12.6. The fourth-order valence-electron chi connectivity index (χ4n) is 2.74. The van der Waals surface area contributed by atoms with Gasteiger partial charge in [-0.25, -0.2) is 0 Å². The van der Waals surface area contributed by atoms with Crippen LogP contribution in [0, 0.1) is 0 Å². The molecule has 28 heavy (non-hydrogen) atoms. The minimum atomic E-state index is -0.164. The molecule has 5 nitrogen and oxygen atoms in total. The Morgan fingerprint density at radius 2 is 1.96 bits per heavy atom. The Kier molecular flexibility index (Phi) is 6.84. The molecule has 0 saturated carbocycles. The van der Waals surface area contributed by atoms with Gasteiger partial charge in [0.2, 0.25) is 5.91 Å². The summed E-state index contributed by atoms with van der Waals surface area (Å²) >= 11 is 6.54. The van der Waals surface area contributed by atoms with E-state index in [1.165, 1.54) is 16.7 Å². The predicted octanol–water partition coefficient (Wildman–Crippen LogP) is 3.69. The van der Waals surface area contributed by atoms with E-state index in [-0.39, 0.29) is 17.6 Å². The molecule has 2 aromatic rings. The van der Waals surface area contributed by atoms with Gasteiger partial charge in [-0.15, -0.1) is 0 Å². The van der Waals surface area contributed by atoms with Crippen molar-refractivity contribution in [3.63, 3.8) is 0 Å². The molecule has 0 radical (unpaired) electrons. The van der Waals surface area contributed by atoms with Crippen molar-refractivity contribution in [3.8, 4) is 5.75 Å². The fraction of sp³-hybridized carbons (Fsp3) is 0.190. The van der Waals surface area contributed by atoms with E-state index in [9.17, 15) is 14.7 Å². The highest BCUT2D eigenvalue weighted by molar-refractivity contribution is 8.26. The Balaban J connectivity index is 1.48. The first-order valence-electron chi connectivity index (χ1n) is 8.88. The first-order chi connectivity index (χ1) is 13.5. The van der Waals surface area contributed by atoms with E-state index < -0.39 is 0 Å². The Morgan fingerprint density at radius 1 is 1.18 bits per heavy atom. The SMILES string of the molecule is O=C(CCCN1C(=O)/C(=C/c2cccc(O)c2)SC1=S)NCc1ccccc1. The number of phenolic OH excluding ortho intramolecular Hbond substituents is 1. The van der Waals surface area contributed by atoms with Crippen molar-refractivity contribution in [2.45, 2.75) is 19.4 Å². The molecule has 7 heteroatoms. The lowest BCUT2D eigenvalue weighted by Gasteiger charge is -2.14. The number of nitrogens with zero attached hydrogens (tertiary/aromatic N) is 1. The number of nitrogens with one attached hydrogen (secondary N) is 1. The molecule has 0 atom stereocenters. The molecule has 2 aromatic carbocycles. The molecule has 144 valence electrons. The van der Waals surface area contributed by atoms with Crippen LogP contribution in [-0.4, -0.2) is 32.7 Å². The lowest BCUT2D eigenvalue weighted by Crippen LogP contribution is -2.30. The second-order valence-electron chi connectivity index (χ2n) is 6.29. The summed E-state index contributed by atoms with van der Waals surface area (Å²) in [7, 11) is 0. The minimum Gasteiger partial charge on any atom is -0.508 e. The number of carbonyl (C=O) groups is 2. The van der Waals surface area contributed by atoms with Gasteiger partial charge in [-0.1, -0.05) is 66.4 Å². The second-order valence-corrected chi connectivity index (χ2v) is 7.97. The highest BCUT2D eigenvalue weighted by atomic mass is 32.2. The number of phenols is 1. The van der Waals surface area contributed by atoms with E-state index in [4.69, 9.17) is 12.2 Å². The highest BCUT2D eigenvalue weighted by Gasteiger charge is 2.31. The van der Waals surface area contributed by atoms with Crippen LogP contribution in [0.5, 0.6) is 5.75 Å². The van der Waals surface area contributed by atoms with Crippen molar-refractivity contribution in [1.29, 1.82) is 0 Å². The third-order valence-corrected chi connectivity index (χ3v) is 5.54. The number of benzene rings is 2. The first-order valence-corrected chi connectivity index (χ1v) is 10.1. The molecule has 3 rings (SSSR count). The van der Waals surface area contributed by atoms with Crippen LogP contribution in [0.2, 0.25) is 0 Å². The zero-order chi connectivity index (χ0) is 19.9. The number of amides is 2. The smallest absolute Gasteiger partial charge is 0.266 e. The largest absolute Gasteiger partial charge is 0.508 e. The molecule has 0 unspecified atom stereocenters. The third kappa shape index (κ3) is 5.43. The van der Waals surface area contributed by atoms with Crippen LogP contribution in [0.25, 0.3) is 6.08 Å². The van der Waals surface area contributed by atoms with Crippen LogP contribution in [0.4, 0.5) is 0 Å². The lowest BCUT2D eigenvalue weighted by molar-refractivity contribution is -0.124. The molecule has 0 bridgehead atoms. The molecule has 2 amide bonds. The van der Waals surface area contributed by atoms with Crippen molar-refractivity contribution < 1.29 is 14.7 Å². The average molecular weight is 413 g/mol. The summed E-state index contributed by atoms with van der Waals surface area (Å²) in [4.78, 5) is 26.6. The number of hydrogen-bond acceptors (Lipinski definition) is 5. The van der Waals surface area contributed by atoms with Gasteiger partial charge in [0.15, 0.2) is 0 Å². The molecule has 0 aliphatic carbocycles. The Morgan fingerprint density at radius 3 is 2.71 bits per heavy atom. The molecule has 1 aliphatic rings. The zero-order valence-electron chi connectivity index (χ0n) is 15.1. The molecule has 1 fully saturated rings. The highest BCUT2D eigenvalue weighted by Crippen LogP contribution is 2.33. The number of aromatic hydroxyl groups is 1. The normalized spacial score (nSPS) is 15.3. The van der Waals surface area contributed by atoms with E-state index in [2.05, 4.69) is 5.32 Å². The van der Waals surface area contributed by atoms with Crippen LogP contribution < -0.4 is 5.32 Å². The van der Waals surface area contributed by atoms with Gasteiger partial charge >= 0.3 is 0 Å². The molecule has 1 heterocycles. The average Bonchev–Trinajstić information content (AvgIpc) is 2.94. The monoisotopic (exact) mass is 412 g/mol. The quantitative estimate of drug-likeness (QED) is 0.536. The maximum atomic E-state index is 12.6.